The zero-order chi connectivity index (χ0) is 53.6. The predicted octanol–water partition coefficient (Wildman–Crippen LogP) is 6.67. The minimum atomic E-state index is -0.898. The summed E-state index contributed by atoms with van der Waals surface area (Å²) in [5.41, 5.74) is 17.3. The molecule has 5 rings (SSSR count). The third-order valence-corrected chi connectivity index (χ3v) is 12.8. The van der Waals surface area contributed by atoms with Gasteiger partial charge in [-0.25, -0.2) is 9.79 Å². The second-order valence-electron chi connectivity index (χ2n) is 19.3. The van der Waals surface area contributed by atoms with E-state index in [9.17, 15) is 38.4 Å². The normalized spacial score (nSPS) is 13.9. The van der Waals surface area contributed by atoms with Crippen LogP contribution in [0.4, 0.5) is 16.2 Å². The maximum Gasteiger partial charge on any atom is 0.312 e. The van der Waals surface area contributed by atoms with Crippen molar-refractivity contribution in [3.05, 3.63) is 106 Å². The Morgan fingerprint density at radius 1 is 0.851 bits per heavy atom. The van der Waals surface area contributed by atoms with E-state index in [1.54, 1.807) is 48.7 Å². The number of carbonyl (C=O) groups excluding carboxylic acids is 8. The number of aromatic nitrogens is 1. The molecular formula is C56H73N9O9. The van der Waals surface area contributed by atoms with E-state index < -0.39 is 29.9 Å². The van der Waals surface area contributed by atoms with E-state index in [0.717, 1.165) is 43.6 Å². The van der Waals surface area contributed by atoms with Crippen LogP contribution in [0, 0.1) is 11.8 Å². The number of hydrogen-bond acceptors (Lipinski definition) is 13. The number of nitrogens with two attached hydrogens (primary N) is 2. The first-order chi connectivity index (χ1) is 35.5. The van der Waals surface area contributed by atoms with Crippen LogP contribution >= 0.6 is 0 Å². The fraction of sp³-hybridized carbons (Fsp3) is 0.464. The Labute approximate surface area is 434 Å². The quantitative estimate of drug-likeness (QED) is 0.0257. The molecule has 3 heterocycles. The number of nitrogens with one attached hydrogen (secondary N) is 3. The number of fused-ring (bicyclic) bond motifs is 1. The third-order valence-electron chi connectivity index (χ3n) is 12.8. The van der Waals surface area contributed by atoms with Crippen LogP contribution in [0.25, 0.3) is 6.08 Å². The minimum absolute atomic E-state index is 0.00163. The van der Waals surface area contributed by atoms with Crippen molar-refractivity contribution in [3.63, 3.8) is 0 Å². The molecular weight excluding hydrogens is 943 g/mol. The molecule has 6 amide bonds. The Morgan fingerprint density at radius 3 is 2.26 bits per heavy atom. The average Bonchev–Trinajstić information content (AvgIpc) is 3.58. The van der Waals surface area contributed by atoms with Crippen LogP contribution in [0.15, 0.2) is 83.6 Å². The molecule has 0 saturated carbocycles. The SMILES string of the molecule is CCCN(CCC)CC1=Cc2ccc(C(=O)Nc3cncc(CCC(=O)OCc4ccc(CC(=O)[C@H](CCCNC(N)=O)NC(=O)[C@@H](CC(=O)CCCCCN5C(=O)C=CC5=O)C(C)C)cc4)c3)cc2N=C(N)C1. The smallest absolute Gasteiger partial charge is 0.312 e. The van der Waals surface area contributed by atoms with E-state index in [4.69, 9.17) is 16.2 Å². The molecule has 3 aromatic rings. The van der Waals surface area contributed by atoms with E-state index in [1.807, 2.05) is 19.9 Å². The minimum Gasteiger partial charge on any atom is -0.461 e. The molecule has 0 fully saturated rings. The van der Waals surface area contributed by atoms with Crippen molar-refractivity contribution in [3.8, 4) is 0 Å². The summed E-state index contributed by atoms with van der Waals surface area (Å²) in [6.07, 6.45) is 13.4. The molecule has 2 atom stereocenters. The number of pyridine rings is 1. The van der Waals surface area contributed by atoms with Gasteiger partial charge in [0.05, 0.1) is 23.6 Å². The first kappa shape index (κ1) is 57.6. The number of benzene rings is 2. The van der Waals surface area contributed by atoms with E-state index >= 15 is 0 Å². The number of carbonyl (C=O) groups is 8. The number of ketones is 2. The summed E-state index contributed by atoms with van der Waals surface area (Å²) in [5.74, 6) is -2.60. The van der Waals surface area contributed by atoms with Crippen molar-refractivity contribution in [1.29, 1.82) is 0 Å². The van der Waals surface area contributed by atoms with Crippen LogP contribution < -0.4 is 27.4 Å². The molecule has 0 unspecified atom stereocenters. The summed E-state index contributed by atoms with van der Waals surface area (Å²) in [7, 11) is 0. The number of aryl methyl sites for hydroxylation is 1. The molecule has 2 aromatic carbocycles. The summed E-state index contributed by atoms with van der Waals surface area (Å²) in [5, 5.41) is 8.29. The number of aliphatic imine (C=N–C) groups is 1. The number of nitrogens with zero attached hydrogens (tertiary/aromatic N) is 4. The van der Waals surface area contributed by atoms with E-state index in [1.165, 1.54) is 28.8 Å². The van der Waals surface area contributed by atoms with Crippen molar-refractivity contribution >= 4 is 70.5 Å². The maximum absolute atomic E-state index is 13.7. The highest BCUT2D eigenvalue weighted by Crippen LogP contribution is 2.29. The van der Waals surface area contributed by atoms with Gasteiger partial charge in [-0.15, -0.1) is 0 Å². The first-order valence-electron chi connectivity index (χ1n) is 25.8. The number of anilines is 1. The maximum atomic E-state index is 13.7. The number of primary amides is 1. The standard InChI is InChI=1S/C56H73N9O9/c1-5-24-64(25-6-2)35-41-27-42-18-19-43(31-48(42)62-50(57)30-41)54(71)61-44-28-40(33-59-34-44)17-22-53(70)74-36-39-15-13-38(14-16-39)29-49(67)47(12-10-23-60-56(58)73)63-55(72)46(37(3)4)32-45(66)11-8-7-9-26-65-51(68)20-21-52(65)69/h13-16,18-21,27-28,31,33-34,37,46-47H,5-12,17,22-26,29-30,32,35-36H2,1-4H3,(H2,57,62)(H,61,71)(H,63,72)(H3,58,60,73)/t46-,47-/m0/s1. The van der Waals surface area contributed by atoms with Crippen molar-refractivity contribution in [2.75, 3.05) is 38.0 Å². The molecule has 7 N–H and O–H groups in total. The van der Waals surface area contributed by atoms with Crippen LogP contribution in [0.2, 0.25) is 0 Å². The number of esters is 1. The van der Waals surface area contributed by atoms with Gasteiger partial charge in [-0.1, -0.05) is 70.5 Å². The van der Waals surface area contributed by atoms with Gasteiger partial charge in [0.2, 0.25) is 5.91 Å². The fourth-order valence-corrected chi connectivity index (χ4v) is 8.86. The van der Waals surface area contributed by atoms with Gasteiger partial charge in [0, 0.05) is 87.1 Å². The molecule has 1 aromatic heterocycles. The Kier molecular flexibility index (Phi) is 22.9. The van der Waals surface area contributed by atoms with Crippen molar-refractivity contribution in [1.82, 2.24) is 25.4 Å². The molecule has 74 heavy (non-hydrogen) atoms. The molecule has 396 valence electrons. The Bertz CT molecular complexity index is 2550. The van der Waals surface area contributed by atoms with Gasteiger partial charge in [0.15, 0.2) is 5.78 Å². The second kappa shape index (κ2) is 29.4. The molecule has 18 nitrogen and oxygen atoms in total. The number of rotatable bonds is 31. The first-order valence-corrected chi connectivity index (χ1v) is 25.8. The molecule has 18 heteroatoms. The van der Waals surface area contributed by atoms with Crippen LogP contribution in [0.1, 0.15) is 131 Å². The number of amidine groups is 1. The average molecular weight is 1020 g/mol. The highest BCUT2D eigenvalue weighted by atomic mass is 16.5. The zero-order valence-electron chi connectivity index (χ0n) is 43.3. The van der Waals surface area contributed by atoms with Gasteiger partial charge in [-0.3, -0.25) is 48.3 Å². The van der Waals surface area contributed by atoms with Gasteiger partial charge in [0.1, 0.15) is 18.2 Å². The number of urea groups is 1. The summed E-state index contributed by atoms with van der Waals surface area (Å²) < 4.78 is 5.56. The fourth-order valence-electron chi connectivity index (χ4n) is 8.86. The van der Waals surface area contributed by atoms with Gasteiger partial charge in [-0.05, 0) is 104 Å². The lowest BCUT2D eigenvalue weighted by Crippen LogP contribution is -2.46. The number of amides is 6. The van der Waals surface area contributed by atoms with Crippen LogP contribution in [0.5, 0.6) is 0 Å². The molecule has 0 saturated heterocycles. The van der Waals surface area contributed by atoms with Crippen molar-refractivity contribution in [2.45, 2.75) is 124 Å². The number of hydrogen-bond donors (Lipinski definition) is 5. The lowest BCUT2D eigenvalue weighted by Gasteiger charge is -2.24. The molecule has 0 spiro atoms. The van der Waals surface area contributed by atoms with Crippen LogP contribution in [0.3, 0.4) is 0 Å². The third kappa shape index (κ3) is 18.9. The van der Waals surface area contributed by atoms with Crippen LogP contribution in [-0.4, -0.2) is 107 Å². The number of unbranched alkanes of at least 4 members (excludes halogenated alkanes) is 2. The van der Waals surface area contributed by atoms with E-state index in [2.05, 4.69) is 50.8 Å². The highest BCUT2D eigenvalue weighted by Gasteiger charge is 2.29. The largest absolute Gasteiger partial charge is 0.461 e. The second-order valence-corrected chi connectivity index (χ2v) is 19.3. The lowest BCUT2D eigenvalue weighted by molar-refractivity contribution is -0.145. The molecule has 0 bridgehead atoms. The number of imide groups is 1. The highest BCUT2D eigenvalue weighted by molar-refractivity contribution is 6.12. The molecule has 0 radical (unpaired) electrons. The number of Topliss-reactive ketones (excluding diaryl/α,β-unsaturated/α-hetero) is 2. The Hall–Kier alpha value is -7.34. The van der Waals surface area contributed by atoms with E-state index in [0.29, 0.717) is 72.4 Å². The van der Waals surface area contributed by atoms with Crippen molar-refractivity contribution in [2.24, 2.45) is 28.3 Å². The lowest BCUT2D eigenvalue weighted by atomic mass is 9.88. The Balaban J connectivity index is 1.08. The zero-order valence-corrected chi connectivity index (χ0v) is 43.3. The van der Waals surface area contributed by atoms with Gasteiger partial charge < -0.3 is 32.2 Å². The molecule has 2 aliphatic rings. The van der Waals surface area contributed by atoms with Gasteiger partial charge in [0.25, 0.3) is 17.7 Å². The molecule has 2 aliphatic heterocycles. The molecule has 0 aliphatic carbocycles. The number of ether oxygens (including phenoxy) is 1. The van der Waals surface area contributed by atoms with Gasteiger partial charge in [-0.2, -0.15) is 0 Å². The Morgan fingerprint density at radius 2 is 1.57 bits per heavy atom. The summed E-state index contributed by atoms with van der Waals surface area (Å²) in [6, 6.07) is 12.6. The van der Waals surface area contributed by atoms with Crippen molar-refractivity contribution < 1.29 is 43.1 Å². The predicted molar refractivity (Wildman–Crippen MR) is 284 cm³/mol. The topological polar surface area (TPSA) is 266 Å². The van der Waals surface area contributed by atoms with Crippen LogP contribution in [-0.2, 0) is 53.0 Å². The van der Waals surface area contributed by atoms with Gasteiger partial charge >= 0.3 is 12.0 Å². The monoisotopic (exact) mass is 1020 g/mol. The summed E-state index contributed by atoms with van der Waals surface area (Å²) in [4.78, 5) is 114. The van der Waals surface area contributed by atoms with E-state index in [-0.39, 0.29) is 87.0 Å². The summed E-state index contributed by atoms with van der Waals surface area (Å²) in [6.45, 7) is 11.3. The summed E-state index contributed by atoms with van der Waals surface area (Å²) >= 11 is 0.